The van der Waals surface area contributed by atoms with Gasteiger partial charge in [0, 0.05) is 43.5 Å². The summed E-state index contributed by atoms with van der Waals surface area (Å²) in [6.45, 7) is 5.67. The molecule has 0 aromatic heterocycles. The van der Waals surface area contributed by atoms with Gasteiger partial charge in [0.2, 0.25) is 5.91 Å². The molecule has 2 fully saturated rings. The van der Waals surface area contributed by atoms with Gasteiger partial charge in [0.05, 0.1) is 0 Å². The Bertz CT molecular complexity index is 463. The van der Waals surface area contributed by atoms with Crippen molar-refractivity contribution in [2.24, 2.45) is 11.8 Å². The number of hydrogen-bond acceptors (Lipinski definition) is 3. The molecule has 1 aliphatic carbocycles. The molecule has 2 N–H and O–H groups in total. The van der Waals surface area contributed by atoms with Gasteiger partial charge < -0.3 is 15.5 Å². The lowest BCUT2D eigenvalue weighted by Gasteiger charge is -2.36. The third-order valence-electron chi connectivity index (χ3n) is 4.28. The number of rotatable bonds is 2. The summed E-state index contributed by atoms with van der Waals surface area (Å²) in [4.78, 5) is 16.5. The van der Waals surface area contributed by atoms with Gasteiger partial charge in [0.1, 0.15) is 0 Å². The molecule has 3 rings (SSSR count). The Hall–Kier alpha value is -1.71. The Morgan fingerprint density at radius 2 is 1.74 bits per heavy atom. The summed E-state index contributed by atoms with van der Waals surface area (Å²) in [6, 6.07) is 7.96. The summed E-state index contributed by atoms with van der Waals surface area (Å²) < 4.78 is 0. The molecule has 1 saturated carbocycles. The van der Waals surface area contributed by atoms with Crippen LogP contribution in [0.2, 0.25) is 0 Å². The molecular weight excluding hydrogens is 238 g/mol. The maximum absolute atomic E-state index is 12.1. The number of carbonyl (C=O) groups excluding carboxylic acids is 1. The van der Waals surface area contributed by atoms with Crippen LogP contribution in [0.3, 0.4) is 0 Å². The predicted molar refractivity (Wildman–Crippen MR) is 76.9 cm³/mol. The van der Waals surface area contributed by atoms with Crippen LogP contribution in [0.1, 0.15) is 13.3 Å². The fourth-order valence-corrected chi connectivity index (χ4v) is 2.77. The number of amides is 1. The van der Waals surface area contributed by atoms with Crippen molar-refractivity contribution in [1.82, 2.24) is 4.90 Å². The summed E-state index contributed by atoms with van der Waals surface area (Å²) in [5.74, 6) is 1.27. The number of nitrogens with zero attached hydrogens (tertiary/aromatic N) is 2. The van der Waals surface area contributed by atoms with E-state index in [-0.39, 0.29) is 0 Å². The van der Waals surface area contributed by atoms with Crippen molar-refractivity contribution < 1.29 is 4.79 Å². The molecule has 1 amide bonds. The van der Waals surface area contributed by atoms with Gasteiger partial charge in [-0.05, 0) is 36.6 Å². The van der Waals surface area contributed by atoms with Crippen LogP contribution in [0.15, 0.2) is 24.3 Å². The van der Waals surface area contributed by atoms with Crippen LogP contribution in [-0.4, -0.2) is 37.0 Å². The Labute approximate surface area is 114 Å². The minimum Gasteiger partial charge on any atom is -0.399 e. The van der Waals surface area contributed by atoms with Gasteiger partial charge in [0.15, 0.2) is 0 Å². The van der Waals surface area contributed by atoms with Crippen molar-refractivity contribution in [1.29, 1.82) is 0 Å². The van der Waals surface area contributed by atoms with Crippen molar-refractivity contribution >= 4 is 17.3 Å². The number of carbonyl (C=O) groups is 1. The van der Waals surface area contributed by atoms with Gasteiger partial charge in [-0.25, -0.2) is 0 Å². The van der Waals surface area contributed by atoms with E-state index in [0.29, 0.717) is 17.7 Å². The average Bonchev–Trinajstić information content (AvgIpc) is 3.16. The summed E-state index contributed by atoms with van der Waals surface area (Å²) in [5, 5.41) is 0. The topological polar surface area (TPSA) is 49.6 Å². The highest BCUT2D eigenvalue weighted by molar-refractivity contribution is 5.81. The average molecular weight is 259 g/mol. The van der Waals surface area contributed by atoms with Gasteiger partial charge >= 0.3 is 0 Å². The van der Waals surface area contributed by atoms with E-state index < -0.39 is 0 Å². The minimum absolute atomic E-state index is 0.308. The highest BCUT2D eigenvalue weighted by Crippen LogP contribution is 2.39. The fourth-order valence-electron chi connectivity index (χ4n) is 2.77. The van der Waals surface area contributed by atoms with Crippen LogP contribution in [0.4, 0.5) is 11.4 Å². The fraction of sp³-hybridized carbons (Fsp3) is 0.533. The van der Waals surface area contributed by atoms with E-state index in [4.69, 9.17) is 5.73 Å². The molecule has 0 radical (unpaired) electrons. The van der Waals surface area contributed by atoms with Crippen LogP contribution in [0.5, 0.6) is 0 Å². The van der Waals surface area contributed by atoms with Gasteiger partial charge in [-0.2, -0.15) is 0 Å². The number of nitrogen functional groups attached to an aromatic ring is 1. The molecule has 1 aliphatic heterocycles. The van der Waals surface area contributed by atoms with Crippen molar-refractivity contribution in [2.45, 2.75) is 13.3 Å². The molecule has 1 aromatic carbocycles. The third kappa shape index (κ3) is 2.53. The zero-order valence-corrected chi connectivity index (χ0v) is 11.4. The van der Waals surface area contributed by atoms with Gasteiger partial charge in [0.25, 0.3) is 0 Å². The molecule has 2 unspecified atom stereocenters. The molecule has 4 heteroatoms. The largest absolute Gasteiger partial charge is 0.399 e. The molecule has 4 nitrogen and oxygen atoms in total. The Morgan fingerprint density at radius 1 is 1.16 bits per heavy atom. The lowest BCUT2D eigenvalue weighted by Crippen LogP contribution is -2.49. The summed E-state index contributed by atoms with van der Waals surface area (Å²) in [6.07, 6.45) is 1.08. The number of hydrogen-bond donors (Lipinski definition) is 1. The molecule has 1 saturated heterocycles. The van der Waals surface area contributed by atoms with Gasteiger partial charge in [-0.15, -0.1) is 0 Å². The van der Waals surface area contributed by atoms with Gasteiger partial charge in [-0.1, -0.05) is 6.92 Å². The number of benzene rings is 1. The number of nitrogens with two attached hydrogens (primary N) is 1. The first-order chi connectivity index (χ1) is 9.15. The lowest BCUT2D eigenvalue weighted by atomic mass is 10.2. The lowest BCUT2D eigenvalue weighted by molar-refractivity contribution is -0.133. The van der Waals surface area contributed by atoms with E-state index in [1.807, 2.05) is 17.0 Å². The Balaban J connectivity index is 1.57. The first-order valence-electron chi connectivity index (χ1n) is 7.04. The maximum Gasteiger partial charge on any atom is 0.226 e. The van der Waals surface area contributed by atoms with E-state index in [1.165, 1.54) is 5.69 Å². The maximum atomic E-state index is 12.1. The predicted octanol–water partition coefficient (Wildman–Crippen LogP) is 1.57. The monoisotopic (exact) mass is 259 g/mol. The zero-order valence-electron chi connectivity index (χ0n) is 11.4. The quantitative estimate of drug-likeness (QED) is 0.820. The highest BCUT2D eigenvalue weighted by Gasteiger charge is 2.41. The van der Waals surface area contributed by atoms with Crippen LogP contribution in [0, 0.1) is 11.8 Å². The van der Waals surface area contributed by atoms with Crippen LogP contribution < -0.4 is 10.6 Å². The molecule has 102 valence electrons. The molecule has 19 heavy (non-hydrogen) atoms. The zero-order chi connectivity index (χ0) is 13.4. The third-order valence-corrected chi connectivity index (χ3v) is 4.28. The number of anilines is 2. The summed E-state index contributed by atoms with van der Waals surface area (Å²) >= 11 is 0. The highest BCUT2D eigenvalue weighted by atomic mass is 16.2. The molecule has 1 heterocycles. The second kappa shape index (κ2) is 4.76. The summed E-state index contributed by atoms with van der Waals surface area (Å²) in [5.41, 5.74) is 7.69. The second-order valence-electron chi connectivity index (χ2n) is 5.72. The van der Waals surface area contributed by atoms with Crippen LogP contribution >= 0.6 is 0 Å². The van der Waals surface area contributed by atoms with E-state index in [2.05, 4.69) is 24.0 Å². The van der Waals surface area contributed by atoms with Crippen molar-refractivity contribution in [3.05, 3.63) is 24.3 Å². The molecule has 2 atom stereocenters. The van der Waals surface area contributed by atoms with Crippen molar-refractivity contribution in [3.63, 3.8) is 0 Å². The standard InChI is InChI=1S/C15H21N3O/c1-11-10-14(11)15(19)18-8-6-17(7-9-18)13-4-2-12(16)3-5-13/h2-5,11,14H,6-10,16H2,1H3. The van der Waals surface area contributed by atoms with E-state index >= 15 is 0 Å². The van der Waals surface area contributed by atoms with Crippen molar-refractivity contribution in [2.75, 3.05) is 36.8 Å². The molecule has 0 spiro atoms. The SMILES string of the molecule is CC1CC1C(=O)N1CCN(c2ccc(N)cc2)CC1. The Morgan fingerprint density at radius 3 is 2.26 bits per heavy atom. The van der Waals surface area contributed by atoms with E-state index in [9.17, 15) is 4.79 Å². The molecular formula is C15H21N3O. The first-order valence-corrected chi connectivity index (χ1v) is 7.04. The van der Waals surface area contributed by atoms with E-state index in [1.54, 1.807) is 0 Å². The number of piperazine rings is 1. The second-order valence-corrected chi connectivity index (χ2v) is 5.72. The first kappa shape index (κ1) is 12.3. The molecule has 2 aliphatic rings. The summed E-state index contributed by atoms with van der Waals surface area (Å²) in [7, 11) is 0. The van der Waals surface area contributed by atoms with Crippen LogP contribution in [0.25, 0.3) is 0 Å². The minimum atomic E-state index is 0.308. The molecule has 1 aromatic rings. The normalized spacial score (nSPS) is 26.4. The smallest absolute Gasteiger partial charge is 0.226 e. The van der Waals surface area contributed by atoms with Crippen molar-refractivity contribution in [3.8, 4) is 0 Å². The van der Waals surface area contributed by atoms with Gasteiger partial charge in [-0.3, -0.25) is 4.79 Å². The molecule has 0 bridgehead atoms. The van der Waals surface area contributed by atoms with Crippen LogP contribution in [-0.2, 0) is 4.79 Å². The van der Waals surface area contributed by atoms with E-state index in [0.717, 1.165) is 38.3 Å². The Kier molecular flexibility index (Phi) is 3.09.